The van der Waals surface area contributed by atoms with E-state index in [0.717, 1.165) is 34.5 Å². The predicted molar refractivity (Wildman–Crippen MR) is 179 cm³/mol. The smallest absolute Gasteiger partial charge is 0.409 e. The second-order valence-electron chi connectivity index (χ2n) is 13.4. The molecule has 3 N–H and O–H groups in total. The number of likely N-dealkylation sites (tertiary alicyclic amines) is 2. The van der Waals surface area contributed by atoms with Crippen LogP contribution >= 0.6 is 11.3 Å². The summed E-state index contributed by atoms with van der Waals surface area (Å²) in [6.45, 7) is 9.30. The fourth-order valence-corrected chi connectivity index (χ4v) is 7.70. The third-order valence-corrected chi connectivity index (χ3v) is 10.6. The van der Waals surface area contributed by atoms with E-state index in [9.17, 15) is 24.6 Å². The average Bonchev–Trinajstić information content (AvgIpc) is 3.79. The average molecular weight is 681 g/mol. The minimum atomic E-state index is -0.964. The van der Waals surface area contributed by atoms with Gasteiger partial charge in [0.25, 0.3) is 0 Å². The monoisotopic (exact) mass is 680 g/mol. The molecule has 3 aliphatic heterocycles. The van der Waals surface area contributed by atoms with Crippen molar-refractivity contribution in [1.82, 2.24) is 25.3 Å². The maximum Gasteiger partial charge on any atom is 0.409 e. The van der Waals surface area contributed by atoms with Gasteiger partial charge in [-0.2, -0.15) is 0 Å². The third kappa shape index (κ3) is 7.06. The van der Waals surface area contributed by atoms with Gasteiger partial charge in [0, 0.05) is 38.7 Å². The van der Waals surface area contributed by atoms with Crippen molar-refractivity contribution >= 4 is 35.1 Å². The zero-order chi connectivity index (χ0) is 34.1. The van der Waals surface area contributed by atoms with Crippen LogP contribution in [0.3, 0.4) is 0 Å². The number of carbonyl (C=O) groups excluding carboxylic acids is 2. The lowest BCUT2D eigenvalue weighted by molar-refractivity contribution is -0.141. The predicted octanol–water partition coefficient (Wildman–Crippen LogP) is 4.38. The molecule has 1 aromatic carbocycles. The summed E-state index contributed by atoms with van der Waals surface area (Å²) in [5.74, 6) is -0.516. The number of β-amino-alcohol motifs (C(OH)–C–C–N with tert-alkyl or cyclic N) is 1. The van der Waals surface area contributed by atoms with E-state index in [4.69, 9.17) is 9.26 Å². The summed E-state index contributed by atoms with van der Waals surface area (Å²) in [6, 6.07) is 8.62. The molecule has 3 saturated heterocycles. The highest BCUT2D eigenvalue weighted by molar-refractivity contribution is 7.13. The molecule has 13 nitrogen and oxygen atoms in total. The second-order valence-corrected chi connectivity index (χ2v) is 14.3. The maximum atomic E-state index is 14.1. The van der Waals surface area contributed by atoms with Gasteiger partial charge in [-0.05, 0) is 50.2 Å². The van der Waals surface area contributed by atoms with Gasteiger partial charge < -0.3 is 34.6 Å². The molecule has 48 heavy (non-hydrogen) atoms. The number of nitrogens with one attached hydrogen (secondary N) is 1. The molecule has 3 aromatic rings. The Morgan fingerprint density at radius 3 is 2.50 bits per heavy atom. The number of thiazole rings is 1. The Morgan fingerprint density at radius 1 is 1.08 bits per heavy atom. The van der Waals surface area contributed by atoms with Crippen molar-refractivity contribution in [3.05, 3.63) is 52.9 Å². The minimum absolute atomic E-state index is 0.0537. The molecule has 0 aliphatic carbocycles. The summed E-state index contributed by atoms with van der Waals surface area (Å²) in [5, 5.41) is 27.4. The van der Waals surface area contributed by atoms with Gasteiger partial charge in [0.2, 0.25) is 11.8 Å². The van der Waals surface area contributed by atoms with Crippen molar-refractivity contribution in [2.75, 3.05) is 31.1 Å². The van der Waals surface area contributed by atoms with Gasteiger partial charge in [0.1, 0.15) is 18.2 Å². The minimum Gasteiger partial charge on any atom is -0.465 e. The number of anilines is 1. The number of carboxylic acid groups (broad SMARTS) is 1. The molecular weight excluding hydrogens is 636 g/mol. The lowest BCUT2D eigenvalue weighted by atomic mass is 9.91. The van der Waals surface area contributed by atoms with Crippen molar-refractivity contribution in [3.63, 3.8) is 0 Å². The number of aryl methyl sites for hydroxylation is 1. The number of hydrogen-bond acceptors (Lipinski definition) is 10. The molecular formula is C34H44N6O7S. The molecule has 2 aromatic heterocycles. The lowest BCUT2D eigenvalue weighted by Crippen LogP contribution is -2.56. The summed E-state index contributed by atoms with van der Waals surface area (Å²) >= 11 is 1.59. The molecule has 0 radical (unpaired) electrons. The Bertz CT molecular complexity index is 1600. The van der Waals surface area contributed by atoms with Gasteiger partial charge in [-0.15, -0.1) is 11.3 Å². The molecule has 3 amide bonds. The summed E-state index contributed by atoms with van der Waals surface area (Å²) in [5.41, 5.74) is 4.79. The molecule has 1 unspecified atom stereocenters. The number of amides is 3. The number of ether oxygens (including phenoxy) is 1. The number of hydrogen-bond donors (Lipinski definition) is 3. The summed E-state index contributed by atoms with van der Waals surface area (Å²) in [6.07, 6.45) is 0.237. The Kier molecular flexibility index (Phi) is 10.0. The fourth-order valence-electron chi connectivity index (χ4n) is 6.88. The molecule has 6 rings (SSSR count). The topological polar surface area (TPSA) is 162 Å². The first-order chi connectivity index (χ1) is 23.0. The molecule has 258 valence electrons. The fraction of sp³-hybridized carbons (Fsp3) is 0.559. The van der Waals surface area contributed by atoms with Crippen molar-refractivity contribution in [3.8, 4) is 10.4 Å². The molecule has 5 heterocycles. The molecule has 0 saturated carbocycles. The first-order valence-electron chi connectivity index (χ1n) is 16.7. The number of piperidine rings is 1. The zero-order valence-electron chi connectivity index (χ0n) is 27.7. The standard InChI is InChI=1S/C34H44N6O7S/c1-19(2)30(27-14-28(37-47-27)38-16-25(17-38)46-29-7-5-6-12-39(29)34(44)45)33(43)40-15-24(41)13-26(40)32(42)36-20(3)22-8-10-23(11-9-22)31-21(4)35-18-48-31/h8-11,14,18-20,24-26,29-30,41H,5-7,12-13,15-17H2,1-4H3,(H,36,42)(H,44,45)/t20-,24+,26-,29?,30-/m0/s1. The molecule has 5 atom stereocenters. The van der Waals surface area contributed by atoms with Crippen LogP contribution in [-0.2, 0) is 14.3 Å². The highest BCUT2D eigenvalue weighted by atomic mass is 32.1. The van der Waals surface area contributed by atoms with E-state index in [1.165, 1.54) is 9.80 Å². The number of aliphatic hydroxyl groups is 1. The number of carbonyl (C=O) groups is 3. The van der Waals surface area contributed by atoms with Crippen LogP contribution in [0, 0.1) is 12.8 Å². The maximum absolute atomic E-state index is 14.1. The highest BCUT2D eigenvalue weighted by Gasteiger charge is 2.44. The number of aromatic nitrogens is 2. The van der Waals surface area contributed by atoms with Crippen LogP contribution in [0.1, 0.15) is 75.4 Å². The van der Waals surface area contributed by atoms with Gasteiger partial charge in [-0.3, -0.25) is 14.5 Å². The van der Waals surface area contributed by atoms with E-state index < -0.39 is 30.4 Å². The van der Waals surface area contributed by atoms with Gasteiger partial charge in [0.15, 0.2) is 11.6 Å². The first-order valence-corrected chi connectivity index (χ1v) is 17.5. The quantitative estimate of drug-likeness (QED) is 0.280. The van der Waals surface area contributed by atoms with Crippen molar-refractivity contribution in [2.45, 2.75) is 89.8 Å². The van der Waals surface area contributed by atoms with E-state index in [1.807, 2.05) is 62.4 Å². The van der Waals surface area contributed by atoms with E-state index in [0.29, 0.717) is 37.6 Å². The van der Waals surface area contributed by atoms with Crippen LogP contribution < -0.4 is 10.2 Å². The largest absolute Gasteiger partial charge is 0.465 e. The van der Waals surface area contributed by atoms with E-state index in [-0.39, 0.29) is 42.8 Å². The molecule has 3 fully saturated rings. The first kappa shape index (κ1) is 33.9. The van der Waals surface area contributed by atoms with Gasteiger partial charge in [0.05, 0.1) is 34.3 Å². The number of rotatable bonds is 10. The highest BCUT2D eigenvalue weighted by Crippen LogP contribution is 2.35. The lowest BCUT2D eigenvalue weighted by Gasteiger charge is -2.43. The van der Waals surface area contributed by atoms with Crippen LogP contribution in [0.25, 0.3) is 10.4 Å². The Morgan fingerprint density at radius 2 is 1.83 bits per heavy atom. The Labute approximate surface area is 283 Å². The molecule has 0 bridgehead atoms. The second kappa shape index (κ2) is 14.2. The SMILES string of the molecule is Cc1ncsc1-c1ccc([C@H](C)NC(=O)[C@@H]2C[C@@H](O)CN2C(=O)[C@H](c2cc(N3CC(OC4CCCCN4C(=O)O)C3)no2)C(C)C)cc1. The van der Waals surface area contributed by atoms with Crippen LogP contribution in [0.5, 0.6) is 0 Å². The Balaban J connectivity index is 1.08. The van der Waals surface area contributed by atoms with Crippen LogP contribution in [0.2, 0.25) is 0 Å². The van der Waals surface area contributed by atoms with Gasteiger partial charge in [-0.25, -0.2) is 9.78 Å². The summed E-state index contributed by atoms with van der Waals surface area (Å²) in [7, 11) is 0. The van der Waals surface area contributed by atoms with E-state index in [1.54, 1.807) is 17.4 Å². The van der Waals surface area contributed by atoms with Crippen molar-refractivity contribution in [2.24, 2.45) is 5.92 Å². The molecule has 0 spiro atoms. The van der Waals surface area contributed by atoms with Crippen molar-refractivity contribution < 1.29 is 33.9 Å². The normalized spacial score (nSPS) is 22.9. The zero-order valence-corrected chi connectivity index (χ0v) is 28.6. The van der Waals surface area contributed by atoms with Crippen molar-refractivity contribution in [1.29, 1.82) is 0 Å². The van der Waals surface area contributed by atoms with Gasteiger partial charge >= 0.3 is 6.09 Å². The van der Waals surface area contributed by atoms with Crippen LogP contribution in [0.4, 0.5) is 10.6 Å². The van der Waals surface area contributed by atoms with Crippen LogP contribution in [-0.4, -0.2) is 98.7 Å². The van der Waals surface area contributed by atoms with E-state index in [2.05, 4.69) is 15.5 Å². The van der Waals surface area contributed by atoms with Crippen LogP contribution in [0.15, 0.2) is 40.4 Å². The number of aliphatic hydroxyl groups excluding tert-OH is 1. The number of benzene rings is 1. The third-order valence-electron chi connectivity index (χ3n) is 9.61. The van der Waals surface area contributed by atoms with E-state index >= 15 is 0 Å². The number of nitrogens with zero attached hydrogens (tertiary/aromatic N) is 5. The Hall–Kier alpha value is -4.01. The summed E-state index contributed by atoms with van der Waals surface area (Å²) in [4.78, 5) is 49.5. The summed E-state index contributed by atoms with van der Waals surface area (Å²) < 4.78 is 11.8. The van der Waals surface area contributed by atoms with Gasteiger partial charge in [-0.1, -0.05) is 43.3 Å². The molecule has 3 aliphatic rings. The molecule has 14 heteroatoms.